The summed E-state index contributed by atoms with van der Waals surface area (Å²) in [5.74, 6) is 0.398. The predicted octanol–water partition coefficient (Wildman–Crippen LogP) is 3.65. The summed E-state index contributed by atoms with van der Waals surface area (Å²) in [4.78, 5) is 12.2. The quantitative estimate of drug-likeness (QED) is 0.885. The minimum absolute atomic E-state index is 0.0520. The third-order valence-electron chi connectivity index (χ3n) is 3.17. The Kier molecular flexibility index (Phi) is 4.85. The summed E-state index contributed by atoms with van der Waals surface area (Å²) in [6.07, 6.45) is 0. The van der Waals surface area contributed by atoms with Gasteiger partial charge >= 0.3 is 0 Å². The van der Waals surface area contributed by atoms with Crippen molar-refractivity contribution in [3.8, 4) is 11.5 Å². The summed E-state index contributed by atoms with van der Waals surface area (Å²) >= 11 is 3.24. The van der Waals surface area contributed by atoms with Crippen molar-refractivity contribution in [2.45, 2.75) is 13.0 Å². The van der Waals surface area contributed by atoms with Crippen molar-refractivity contribution in [1.29, 1.82) is 0 Å². The molecule has 0 saturated carbocycles. The second-order valence-corrected chi connectivity index (χ2v) is 5.55. The maximum absolute atomic E-state index is 12.2. The fraction of sp³-hybridized carbons (Fsp3) is 0.188. The molecule has 0 heterocycles. The number of phenolic OH excluding ortho intramolecular Hbond substituents is 1. The van der Waals surface area contributed by atoms with Crippen LogP contribution in [0.5, 0.6) is 11.5 Å². The summed E-state index contributed by atoms with van der Waals surface area (Å²) in [6.45, 7) is 1.88. The minimum Gasteiger partial charge on any atom is -0.507 e. The van der Waals surface area contributed by atoms with Crippen molar-refractivity contribution in [3.05, 3.63) is 58.1 Å². The van der Waals surface area contributed by atoms with E-state index in [-0.39, 0.29) is 23.3 Å². The summed E-state index contributed by atoms with van der Waals surface area (Å²) < 4.78 is 5.82. The Bertz CT molecular complexity index is 640. The van der Waals surface area contributed by atoms with Gasteiger partial charge in [-0.25, -0.2) is 0 Å². The van der Waals surface area contributed by atoms with Crippen LogP contribution in [0.1, 0.15) is 28.9 Å². The predicted molar refractivity (Wildman–Crippen MR) is 84.7 cm³/mol. The monoisotopic (exact) mass is 349 g/mol. The zero-order valence-corrected chi connectivity index (χ0v) is 13.3. The molecule has 2 N–H and O–H groups in total. The van der Waals surface area contributed by atoms with Gasteiger partial charge in [-0.2, -0.15) is 0 Å². The van der Waals surface area contributed by atoms with Crippen molar-refractivity contribution < 1.29 is 14.6 Å². The van der Waals surface area contributed by atoms with Gasteiger partial charge in [0, 0.05) is 4.47 Å². The zero-order valence-electron chi connectivity index (χ0n) is 11.8. The number of rotatable bonds is 4. The van der Waals surface area contributed by atoms with Gasteiger partial charge in [-0.3, -0.25) is 4.79 Å². The molecule has 0 aliphatic heterocycles. The second kappa shape index (κ2) is 6.63. The first-order valence-corrected chi connectivity index (χ1v) is 7.24. The maximum atomic E-state index is 12.2. The minimum atomic E-state index is -0.316. The Morgan fingerprint density at radius 2 is 1.90 bits per heavy atom. The van der Waals surface area contributed by atoms with Crippen molar-refractivity contribution in [3.63, 3.8) is 0 Å². The molecule has 1 atom stereocenters. The molecule has 5 heteroatoms. The van der Waals surface area contributed by atoms with E-state index in [4.69, 9.17) is 4.74 Å². The molecule has 2 aromatic carbocycles. The highest BCUT2D eigenvalue weighted by Crippen LogP contribution is 2.23. The van der Waals surface area contributed by atoms with Gasteiger partial charge in [-0.1, -0.05) is 28.1 Å². The molecular formula is C16H16BrNO3. The molecule has 0 fully saturated rings. The van der Waals surface area contributed by atoms with Crippen LogP contribution in [0.15, 0.2) is 46.9 Å². The van der Waals surface area contributed by atoms with Crippen LogP contribution in [0, 0.1) is 0 Å². The van der Waals surface area contributed by atoms with Crippen LogP contribution < -0.4 is 10.1 Å². The molecular weight excluding hydrogens is 334 g/mol. The third kappa shape index (κ3) is 3.76. The van der Waals surface area contributed by atoms with Crippen LogP contribution in [-0.4, -0.2) is 18.1 Å². The summed E-state index contributed by atoms with van der Waals surface area (Å²) in [6, 6.07) is 12.1. The van der Waals surface area contributed by atoms with Gasteiger partial charge in [0.2, 0.25) is 0 Å². The third-order valence-corrected chi connectivity index (χ3v) is 3.66. The summed E-state index contributed by atoms with van der Waals surface area (Å²) in [5, 5.41) is 12.7. The van der Waals surface area contributed by atoms with Crippen molar-refractivity contribution in [1.82, 2.24) is 5.32 Å². The van der Waals surface area contributed by atoms with E-state index in [0.717, 1.165) is 15.8 Å². The average molecular weight is 350 g/mol. The summed E-state index contributed by atoms with van der Waals surface area (Å²) in [5.41, 5.74) is 1.21. The first-order chi connectivity index (χ1) is 10.0. The lowest BCUT2D eigenvalue weighted by Gasteiger charge is -2.15. The number of hydrogen-bond donors (Lipinski definition) is 2. The highest BCUT2D eigenvalue weighted by atomic mass is 79.9. The fourth-order valence-electron chi connectivity index (χ4n) is 1.95. The van der Waals surface area contributed by atoms with Crippen molar-refractivity contribution >= 4 is 21.8 Å². The number of ether oxygens (including phenoxy) is 1. The lowest BCUT2D eigenvalue weighted by Crippen LogP contribution is -2.26. The Morgan fingerprint density at radius 1 is 1.24 bits per heavy atom. The van der Waals surface area contributed by atoms with Gasteiger partial charge in [-0.05, 0) is 42.8 Å². The van der Waals surface area contributed by atoms with Crippen LogP contribution in [0.2, 0.25) is 0 Å². The molecule has 0 radical (unpaired) electrons. The molecule has 1 unspecified atom stereocenters. The van der Waals surface area contributed by atoms with E-state index in [9.17, 15) is 9.90 Å². The molecule has 4 nitrogen and oxygen atoms in total. The number of amides is 1. The normalized spacial score (nSPS) is 11.8. The number of halogens is 1. The Labute approximate surface area is 131 Å². The topological polar surface area (TPSA) is 58.6 Å². The number of aromatic hydroxyl groups is 1. The van der Waals surface area contributed by atoms with Gasteiger partial charge in [-0.15, -0.1) is 0 Å². The molecule has 0 aliphatic rings. The highest BCUT2D eigenvalue weighted by molar-refractivity contribution is 9.10. The Hall–Kier alpha value is -2.01. The number of carbonyl (C=O) groups is 1. The summed E-state index contributed by atoms with van der Waals surface area (Å²) in [7, 11) is 1.61. The van der Waals surface area contributed by atoms with E-state index < -0.39 is 0 Å². The molecule has 2 aromatic rings. The van der Waals surface area contributed by atoms with Gasteiger partial charge in [0.05, 0.1) is 18.7 Å². The van der Waals surface area contributed by atoms with E-state index >= 15 is 0 Å². The van der Waals surface area contributed by atoms with Gasteiger partial charge in [0.15, 0.2) is 0 Å². The standard InChI is InChI=1S/C16H16BrNO3/c1-10(11-3-6-13(21-2)7-4-11)18-16(20)14-8-5-12(17)9-15(14)19/h3-10,19H,1-2H3,(H,18,20). The van der Waals surface area contributed by atoms with Gasteiger partial charge < -0.3 is 15.2 Å². The van der Waals surface area contributed by atoms with Gasteiger partial charge in [0.25, 0.3) is 5.91 Å². The number of carbonyl (C=O) groups excluding carboxylic acids is 1. The number of phenols is 1. The van der Waals surface area contributed by atoms with E-state index in [2.05, 4.69) is 21.2 Å². The van der Waals surface area contributed by atoms with Crippen LogP contribution in [0.3, 0.4) is 0 Å². The zero-order chi connectivity index (χ0) is 15.4. The molecule has 0 saturated heterocycles. The van der Waals surface area contributed by atoms with Crippen molar-refractivity contribution in [2.24, 2.45) is 0 Å². The largest absolute Gasteiger partial charge is 0.507 e. The molecule has 0 spiro atoms. The second-order valence-electron chi connectivity index (χ2n) is 4.63. The van der Waals surface area contributed by atoms with Crippen LogP contribution >= 0.6 is 15.9 Å². The number of benzene rings is 2. The number of methoxy groups -OCH3 is 1. The van der Waals surface area contributed by atoms with E-state index in [1.807, 2.05) is 31.2 Å². The number of hydrogen-bond acceptors (Lipinski definition) is 3. The molecule has 0 aromatic heterocycles. The lowest BCUT2D eigenvalue weighted by molar-refractivity contribution is 0.0937. The van der Waals surface area contributed by atoms with E-state index in [0.29, 0.717) is 0 Å². The molecule has 0 bridgehead atoms. The molecule has 0 aliphatic carbocycles. The van der Waals surface area contributed by atoms with Crippen molar-refractivity contribution in [2.75, 3.05) is 7.11 Å². The van der Waals surface area contributed by atoms with Crippen LogP contribution in [0.4, 0.5) is 0 Å². The smallest absolute Gasteiger partial charge is 0.255 e. The highest BCUT2D eigenvalue weighted by Gasteiger charge is 2.15. The molecule has 21 heavy (non-hydrogen) atoms. The van der Waals surface area contributed by atoms with Crippen LogP contribution in [-0.2, 0) is 0 Å². The Balaban J connectivity index is 2.10. The maximum Gasteiger partial charge on any atom is 0.255 e. The first kappa shape index (κ1) is 15.4. The Morgan fingerprint density at radius 3 is 2.48 bits per heavy atom. The average Bonchev–Trinajstić information content (AvgIpc) is 2.47. The molecule has 1 amide bonds. The molecule has 2 rings (SSSR count). The SMILES string of the molecule is COc1ccc(C(C)NC(=O)c2ccc(Br)cc2O)cc1. The molecule has 110 valence electrons. The fourth-order valence-corrected chi connectivity index (χ4v) is 2.30. The van der Waals surface area contributed by atoms with Crippen LogP contribution in [0.25, 0.3) is 0 Å². The van der Waals surface area contributed by atoms with E-state index in [1.54, 1.807) is 19.2 Å². The van der Waals surface area contributed by atoms with Gasteiger partial charge in [0.1, 0.15) is 11.5 Å². The lowest BCUT2D eigenvalue weighted by atomic mass is 10.1. The number of nitrogens with one attached hydrogen (secondary N) is 1. The van der Waals surface area contributed by atoms with E-state index in [1.165, 1.54) is 6.07 Å². The first-order valence-electron chi connectivity index (χ1n) is 6.44.